The van der Waals surface area contributed by atoms with Gasteiger partial charge < -0.3 is 10.4 Å². The van der Waals surface area contributed by atoms with E-state index in [1.807, 2.05) is 5.32 Å². The molecule has 1 amide bonds. The summed E-state index contributed by atoms with van der Waals surface area (Å²) in [5.74, 6) is -0.511. The van der Waals surface area contributed by atoms with Crippen LogP contribution in [-0.2, 0) is 9.59 Å². The van der Waals surface area contributed by atoms with E-state index in [0.717, 1.165) is 6.08 Å². The van der Waals surface area contributed by atoms with Gasteiger partial charge in [0.25, 0.3) is 0 Å². The number of nitrogens with one attached hydrogen (secondary N) is 1. The van der Waals surface area contributed by atoms with Gasteiger partial charge in [0.15, 0.2) is 5.78 Å². The summed E-state index contributed by atoms with van der Waals surface area (Å²) in [5, 5.41) is 10.8. The minimum atomic E-state index is -1.20. The minimum absolute atomic E-state index is 0.117. The second-order valence-corrected chi connectivity index (χ2v) is 1.61. The molecule has 4 nitrogen and oxygen atoms in total. The summed E-state index contributed by atoms with van der Waals surface area (Å²) in [6, 6.07) is 0. The Bertz CT molecular complexity index is 144. The summed E-state index contributed by atoms with van der Waals surface area (Å²) in [5.41, 5.74) is 0. The molecule has 0 spiro atoms. The largest absolute Gasteiger partial charge is 0.383 e. The SMILES string of the molecule is C=CC(=O)C(O)CN[C]=O. The third-order valence-electron chi connectivity index (χ3n) is 0.897. The molecule has 0 aromatic heterocycles. The summed E-state index contributed by atoms with van der Waals surface area (Å²) < 4.78 is 0. The summed E-state index contributed by atoms with van der Waals surface area (Å²) in [6.07, 6.45) is 1.13. The quantitative estimate of drug-likeness (QED) is 0.372. The summed E-state index contributed by atoms with van der Waals surface area (Å²) in [6.45, 7) is 3.04. The lowest BCUT2D eigenvalue weighted by Crippen LogP contribution is -2.31. The molecule has 0 heterocycles. The minimum Gasteiger partial charge on any atom is -0.383 e. The number of hydrogen-bond donors (Lipinski definition) is 2. The fourth-order valence-electron chi connectivity index (χ4n) is 0.375. The van der Waals surface area contributed by atoms with Crippen LogP contribution in [0.4, 0.5) is 0 Å². The van der Waals surface area contributed by atoms with Gasteiger partial charge in [-0.2, -0.15) is 0 Å². The molecule has 0 saturated carbocycles. The van der Waals surface area contributed by atoms with E-state index in [2.05, 4.69) is 6.58 Å². The van der Waals surface area contributed by atoms with E-state index in [4.69, 9.17) is 5.11 Å². The molecule has 0 aliphatic carbocycles. The number of aliphatic hydroxyl groups is 1. The number of aliphatic hydroxyl groups excluding tert-OH is 1. The van der Waals surface area contributed by atoms with Crippen LogP contribution in [0.1, 0.15) is 0 Å². The zero-order valence-electron chi connectivity index (χ0n) is 5.33. The standard InChI is InChI=1S/C6H8NO3/c1-2-5(9)6(10)3-7-4-8/h2,6,10H,1,3H2,(H,7,8). The first-order valence-electron chi connectivity index (χ1n) is 2.66. The number of amides is 1. The molecule has 0 aliphatic rings. The van der Waals surface area contributed by atoms with Gasteiger partial charge >= 0.3 is 6.41 Å². The second kappa shape index (κ2) is 4.69. The van der Waals surface area contributed by atoms with Crippen molar-refractivity contribution in [2.75, 3.05) is 6.54 Å². The number of carbonyl (C=O) groups excluding carboxylic acids is 2. The Morgan fingerprint density at radius 3 is 2.90 bits per heavy atom. The van der Waals surface area contributed by atoms with Crippen LogP contribution < -0.4 is 5.32 Å². The van der Waals surface area contributed by atoms with Gasteiger partial charge in [-0.05, 0) is 6.08 Å². The van der Waals surface area contributed by atoms with E-state index in [0.29, 0.717) is 0 Å². The van der Waals surface area contributed by atoms with Crippen LogP contribution in [0.3, 0.4) is 0 Å². The Morgan fingerprint density at radius 1 is 1.90 bits per heavy atom. The summed E-state index contributed by atoms with van der Waals surface area (Å²) in [7, 11) is 0. The fourth-order valence-corrected chi connectivity index (χ4v) is 0.375. The Labute approximate surface area is 58.5 Å². The topological polar surface area (TPSA) is 66.4 Å². The van der Waals surface area contributed by atoms with Crippen molar-refractivity contribution in [1.82, 2.24) is 5.32 Å². The lowest BCUT2D eigenvalue weighted by atomic mass is 10.2. The van der Waals surface area contributed by atoms with Gasteiger partial charge in [0, 0.05) is 0 Å². The van der Waals surface area contributed by atoms with E-state index in [1.54, 1.807) is 0 Å². The van der Waals surface area contributed by atoms with Gasteiger partial charge in [-0.25, -0.2) is 0 Å². The van der Waals surface area contributed by atoms with Crippen LogP contribution in [0.5, 0.6) is 0 Å². The maximum Gasteiger partial charge on any atom is 0.309 e. The molecular formula is C6H8NO3. The summed E-state index contributed by atoms with van der Waals surface area (Å²) >= 11 is 0. The van der Waals surface area contributed by atoms with Gasteiger partial charge in [0.1, 0.15) is 6.10 Å². The van der Waals surface area contributed by atoms with E-state index in [1.165, 1.54) is 6.41 Å². The Balaban J connectivity index is 3.60. The van der Waals surface area contributed by atoms with Crippen LogP contribution >= 0.6 is 0 Å². The molecule has 0 saturated heterocycles. The molecular weight excluding hydrogens is 134 g/mol. The lowest BCUT2D eigenvalue weighted by molar-refractivity contribution is -0.121. The average Bonchev–Trinajstić information content (AvgIpc) is 1.98. The van der Waals surface area contributed by atoms with Crippen LogP contribution in [-0.4, -0.2) is 29.9 Å². The number of hydrogen-bond acceptors (Lipinski definition) is 3. The highest BCUT2D eigenvalue weighted by molar-refractivity contribution is 5.93. The first kappa shape index (κ1) is 8.84. The van der Waals surface area contributed by atoms with Crippen LogP contribution in [0, 0.1) is 0 Å². The normalized spacial score (nSPS) is 11.7. The van der Waals surface area contributed by atoms with Crippen molar-refractivity contribution in [3.05, 3.63) is 12.7 Å². The van der Waals surface area contributed by atoms with E-state index < -0.39 is 11.9 Å². The maximum absolute atomic E-state index is 10.5. The highest BCUT2D eigenvalue weighted by atomic mass is 16.3. The fraction of sp³-hybridized carbons (Fsp3) is 0.333. The average molecular weight is 142 g/mol. The molecule has 10 heavy (non-hydrogen) atoms. The molecule has 0 aliphatic heterocycles. The first-order chi connectivity index (χ1) is 4.72. The monoisotopic (exact) mass is 142 g/mol. The highest BCUT2D eigenvalue weighted by Gasteiger charge is 2.09. The Hall–Kier alpha value is -1.16. The van der Waals surface area contributed by atoms with Gasteiger partial charge in [-0.1, -0.05) is 6.58 Å². The van der Waals surface area contributed by atoms with Gasteiger partial charge in [-0.3, -0.25) is 9.59 Å². The van der Waals surface area contributed by atoms with E-state index in [9.17, 15) is 9.59 Å². The van der Waals surface area contributed by atoms with Crippen molar-refractivity contribution in [2.45, 2.75) is 6.10 Å². The molecule has 55 valence electrons. The van der Waals surface area contributed by atoms with Crippen molar-refractivity contribution < 1.29 is 14.7 Å². The van der Waals surface area contributed by atoms with Gasteiger partial charge in [0.2, 0.25) is 0 Å². The van der Waals surface area contributed by atoms with Crippen molar-refractivity contribution >= 4 is 12.2 Å². The zero-order chi connectivity index (χ0) is 7.98. The smallest absolute Gasteiger partial charge is 0.309 e. The maximum atomic E-state index is 10.5. The summed E-state index contributed by atoms with van der Waals surface area (Å²) in [4.78, 5) is 20.0. The third-order valence-corrected chi connectivity index (χ3v) is 0.897. The third kappa shape index (κ3) is 2.99. The molecule has 4 heteroatoms. The predicted octanol–water partition coefficient (Wildman–Crippen LogP) is -1.24. The van der Waals surface area contributed by atoms with Crippen molar-refractivity contribution in [3.63, 3.8) is 0 Å². The molecule has 0 rings (SSSR count). The molecule has 0 fully saturated rings. The highest BCUT2D eigenvalue weighted by Crippen LogP contribution is 1.83. The Morgan fingerprint density at radius 2 is 2.50 bits per heavy atom. The Kier molecular flexibility index (Phi) is 4.15. The van der Waals surface area contributed by atoms with Crippen LogP contribution in [0.25, 0.3) is 0 Å². The van der Waals surface area contributed by atoms with Crippen molar-refractivity contribution in [1.29, 1.82) is 0 Å². The second-order valence-electron chi connectivity index (χ2n) is 1.61. The van der Waals surface area contributed by atoms with E-state index in [-0.39, 0.29) is 6.54 Å². The number of carbonyl (C=O) groups is 1. The van der Waals surface area contributed by atoms with Crippen LogP contribution in [0.2, 0.25) is 0 Å². The molecule has 2 N–H and O–H groups in total. The molecule has 1 radical (unpaired) electrons. The molecule has 0 aromatic rings. The van der Waals surface area contributed by atoms with Gasteiger partial charge in [-0.15, -0.1) is 0 Å². The molecule has 0 aromatic carbocycles. The molecule has 1 unspecified atom stereocenters. The zero-order valence-corrected chi connectivity index (χ0v) is 5.33. The van der Waals surface area contributed by atoms with E-state index >= 15 is 0 Å². The molecule has 1 atom stereocenters. The lowest BCUT2D eigenvalue weighted by Gasteiger charge is -2.02. The number of rotatable bonds is 5. The number of ketones is 1. The van der Waals surface area contributed by atoms with Crippen molar-refractivity contribution in [2.24, 2.45) is 0 Å². The molecule has 0 bridgehead atoms. The van der Waals surface area contributed by atoms with Crippen LogP contribution in [0.15, 0.2) is 12.7 Å². The predicted molar refractivity (Wildman–Crippen MR) is 34.9 cm³/mol. The van der Waals surface area contributed by atoms with Crippen molar-refractivity contribution in [3.8, 4) is 0 Å². The van der Waals surface area contributed by atoms with Gasteiger partial charge in [0.05, 0.1) is 6.54 Å². The first-order valence-corrected chi connectivity index (χ1v) is 2.66.